The fraction of sp³-hybridized carbons (Fsp3) is 0.368. The number of hydrogen-bond acceptors (Lipinski definition) is 6. The highest BCUT2D eigenvalue weighted by Crippen LogP contribution is 2.19. The van der Waals surface area contributed by atoms with Gasteiger partial charge in [-0.25, -0.2) is 0 Å². The number of carbonyl (C=O) groups is 1. The predicted molar refractivity (Wildman–Crippen MR) is 99.0 cm³/mol. The van der Waals surface area contributed by atoms with E-state index in [0.29, 0.717) is 37.0 Å². The first-order chi connectivity index (χ1) is 13.1. The minimum absolute atomic E-state index is 0.0356. The average Bonchev–Trinajstić information content (AvgIpc) is 3.37. The average molecular weight is 369 g/mol. The Morgan fingerprint density at radius 2 is 2.15 bits per heavy atom. The summed E-state index contributed by atoms with van der Waals surface area (Å²) in [6.45, 7) is 3.43. The van der Waals surface area contributed by atoms with E-state index in [2.05, 4.69) is 27.5 Å². The monoisotopic (exact) mass is 369 g/mol. The summed E-state index contributed by atoms with van der Waals surface area (Å²) >= 11 is 0. The molecule has 0 fully saturated rings. The maximum Gasteiger partial charge on any atom is 0.227 e. The van der Waals surface area contributed by atoms with Crippen LogP contribution in [0.2, 0.25) is 0 Å². The minimum Gasteiger partial charge on any atom is -0.497 e. The van der Waals surface area contributed by atoms with Crippen molar-refractivity contribution in [2.24, 2.45) is 5.92 Å². The Balaban J connectivity index is 1.43. The second kappa shape index (κ2) is 8.98. The number of amides is 1. The van der Waals surface area contributed by atoms with Crippen molar-refractivity contribution in [3.63, 3.8) is 0 Å². The molecule has 142 valence electrons. The molecular weight excluding hydrogens is 346 g/mol. The molecule has 0 saturated carbocycles. The lowest BCUT2D eigenvalue weighted by Crippen LogP contribution is -2.30. The van der Waals surface area contributed by atoms with Crippen LogP contribution in [0.3, 0.4) is 0 Å². The van der Waals surface area contributed by atoms with Crippen LogP contribution in [-0.2, 0) is 17.8 Å². The molecule has 27 heavy (non-hydrogen) atoms. The zero-order valence-corrected chi connectivity index (χ0v) is 15.5. The van der Waals surface area contributed by atoms with Crippen molar-refractivity contribution in [2.45, 2.75) is 26.3 Å². The summed E-state index contributed by atoms with van der Waals surface area (Å²) < 4.78 is 12.2. The van der Waals surface area contributed by atoms with Crippen molar-refractivity contribution in [3.8, 4) is 17.1 Å². The number of benzene rings is 1. The van der Waals surface area contributed by atoms with Gasteiger partial charge in [-0.3, -0.25) is 9.48 Å². The Bertz CT molecular complexity index is 843. The summed E-state index contributed by atoms with van der Waals surface area (Å²) in [7, 11) is 1.62. The lowest BCUT2D eigenvalue weighted by atomic mass is 10.2. The molecule has 0 aliphatic rings. The molecule has 3 rings (SSSR count). The molecule has 3 aromatic rings. The molecule has 0 spiro atoms. The van der Waals surface area contributed by atoms with Crippen molar-refractivity contribution in [1.29, 1.82) is 0 Å². The number of hydrogen-bond donors (Lipinski definition) is 1. The molecular formula is C19H23N5O3. The third-order valence-electron chi connectivity index (χ3n) is 4.09. The van der Waals surface area contributed by atoms with Gasteiger partial charge in [0.25, 0.3) is 0 Å². The van der Waals surface area contributed by atoms with Gasteiger partial charge in [-0.05, 0) is 36.2 Å². The van der Waals surface area contributed by atoms with Crippen LogP contribution in [0.4, 0.5) is 0 Å². The van der Waals surface area contributed by atoms with Gasteiger partial charge in [0.15, 0.2) is 0 Å². The topological polar surface area (TPSA) is 95.1 Å². The maximum atomic E-state index is 12.0. The van der Waals surface area contributed by atoms with Crippen molar-refractivity contribution < 1.29 is 14.1 Å². The Hall–Kier alpha value is -3.16. The van der Waals surface area contributed by atoms with Gasteiger partial charge in [0.2, 0.25) is 17.6 Å². The van der Waals surface area contributed by atoms with E-state index in [0.717, 1.165) is 17.9 Å². The molecule has 1 N–H and O–H groups in total. The van der Waals surface area contributed by atoms with E-state index < -0.39 is 0 Å². The normalized spacial score (nSPS) is 11.9. The Kier molecular flexibility index (Phi) is 6.19. The summed E-state index contributed by atoms with van der Waals surface area (Å²) in [5.41, 5.74) is 0.836. The number of nitrogens with one attached hydrogen (secondary N) is 1. The number of methoxy groups -OCH3 is 1. The second-order valence-corrected chi connectivity index (χ2v) is 6.38. The largest absolute Gasteiger partial charge is 0.497 e. The second-order valence-electron chi connectivity index (χ2n) is 6.38. The van der Waals surface area contributed by atoms with E-state index in [1.54, 1.807) is 13.3 Å². The summed E-state index contributed by atoms with van der Waals surface area (Å²) in [5, 5.41) is 11.1. The summed E-state index contributed by atoms with van der Waals surface area (Å²) in [5.74, 6) is 1.97. The summed E-state index contributed by atoms with van der Waals surface area (Å²) in [6, 6.07) is 9.28. The quantitative estimate of drug-likeness (QED) is 0.622. The number of aromatic nitrogens is 4. The van der Waals surface area contributed by atoms with Crippen LogP contribution in [0.15, 0.2) is 47.2 Å². The predicted octanol–water partition coefficient (Wildman–Crippen LogP) is 2.33. The Labute approximate surface area is 157 Å². The SMILES string of the molecule is COc1ccc(-c2noc(CCC(=O)NCC(C)Cn3cccn3)n2)cc1. The van der Waals surface area contributed by atoms with Gasteiger partial charge in [-0.2, -0.15) is 10.1 Å². The first-order valence-corrected chi connectivity index (χ1v) is 8.85. The van der Waals surface area contributed by atoms with E-state index in [1.807, 2.05) is 41.2 Å². The summed E-state index contributed by atoms with van der Waals surface area (Å²) in [4.78, 5) is 16.4. The molecule has 0 aliphatic heterocycles. The fourth-order valence-electron chi connectivity index (χ4n) is 2.60. The fourth-order valence-corrected chi connectivity index (χ4v) is 2.60. The van der Waals surface area contributed by atoms with Crippen LogP contribution in [-0.4, -0.2) is 39.5 Å². The van der Waals surface area contributed by atoms with E-state index in [4.69, 9.17) is 9.26 Å². The molecule has 1 amide bonds. The lowest BCUT2D eigenvalue weighted by Gasteiger charge is -2.12. The third-order valence-corrected chi connectivity index (χ3v) is 4.09. The van der Waals surface area contributed by atoms with Crippen LogP contribution >= 0.6 is 0 Å². The van der Waals surface area contributed by atoms with Crippen molar-refractivity contribution in [1.82, 2.24) is 25.2 Å². The number of carbonyl (C=O) groups excluding carboxylic acids is 1. The van der Waals surface area contributed by atoms with Gasteiger partial charge >= 0.3 is 0 Å². The van der Waals surface area contributed by atoms with Gasteiger partial charge in [-0.15, -0.1) is 0 Å². The lowest BCUT2D eigenvalue weighted by molar-refractivity contribution is -0.121. The van der Waals surface area contributed by atoms with Crippen molar-refractivity contribution in [3.05, 3.63) is 48.6 Å². The maximum absolute atomic E-state index is 12.0. The zero-order valence-electron chi connectivity index (χ0n) is 15.5. The van der Waals surface area contributed by atoms with Gasteiger partial charge in [0, 0.05) is 43.9 Å². The highest BCUT2D eigenvalue weighted by Gasteiger charge is 2.12. The number of rotatable bonds is 9. The molecule has 8 nitrogen and oxygen atoms in total. The number of nitrogens with zero attached hydrogens (tertiary/aromatic N) is 4. The van der Waals surface area contributed by atoms with Crippen molar-refractivity contribution in [2.75, 3.05) is 13.7 Å². The van der Waals surface area contributed by atoms with Crippen LogP contribution < -0.4 is 10.1 Å². The van der Waals surface area contributed by atoms with Crippen LogP contribution in [0.25, 0.3) is 11.4 Å². The van der Waals surface area contributed by atoms with E-state index in [9.17, 15) is 4.79 Å². The summed E-state index contributed by atoms with van der Waals surface area (Å²) in [6.07, 6.45) is 4.37. The van der Waals surface area contributed by atoms with Crippen LogP contribution in [0, 0.1) is 5.92 Å². The first-order valence-electron chi connectivity index (χ1n) is 8.85. The molecule has 0 radical (unpaired) electrons. The third kappa shape index (κ3) is 5.40. The van der Waals surface area contributed by atoms with Gasteiger partial charge < -0.3 is 14.6 Å². The molecule has 0 saturated heterocycles. The molecule has 8 heteroatoms. The van der Waals surface area contributed by atoms with Crippen molar-refractivity contribution >= 4 is 5.91 Å². The van der Waals surface area contributed by atoms with Crippen LogP contribution in [0.5, 0.6) is 5.75 Å². The Morgan fingerprint density at radius 1 is 1.33 bits per heavy atom. The van der Waals surface area contributed by atoms with Gasteiger partial charge in [0.05, 0.1) is 7.11 Å². The molecule has 2 heterocycles. The Morgan fingerprint density at radius 3 is 2.85 bits per heavy atom. The molecule has 1 atom stereocenters. The molecule has 0 bridgehead atoms. The van der Waals surface area contributed by atoms with E-state index in [-0.39, 0.29) is 5.91 Å². The molecule has 1 aromatic carbocycles. The van der Waals surface area contributed by atoms with E-state index in [1.165, 1.54) is 0 Å². The smallest absolute Gasteiger partial charge is 0.227 e. The molecule has 2 aromatic heterocycles. The molecule has 1 unspecified atom stereocenters. The minimum atomic E-state index is -0.0356. The highest BCUT2D eigenvalue weighted by atomic mass is 16.5. The zero-order chi connectivity index (χ0) is 19.1. The molecule has 0 aliphatic carbocycles. The van der Waals surface area contributed by atoms with Gasteiger partial charge in [-0.1, -0.05) is 12.1 Å². The highest BCUT2D eigenvalue weighted by molar-refractivity contribution is 5.76. The first kappa shape index (κ1) is 18.6. The van der Waals surface area contributed by atoms with E-state index >= 15 is 0 Å². The van der Waals surface area contributed by atoms with Crippen LogP contribution in [0.1, 0.15) is 19.2 Å². The number of ether oxygens (including phenoxy) is 1. The van der Waals surface area contributed by atoms with Gasteiger partial charge in [0.1, 0.15) is 5.75 Å². The standard InChI is InChI=1S/C19H23N5O3/c1-14(13-24-11-3-10-21-24)12-20-17(25)8-9-18-22-19(23-27-18)15-4-6-16(26-2)7-5-15/h3-7,10-11,14H,8-9,12-13H2,1-2H3,(H,20,25). The number of aryl methyl sites for hydroxylation is 1.